The summed E-state index contributed by atoms with van der Waals surface area (Å²) in [6.07, 6.45) is 0. The first-order chi connectivity index (χ1) is 8.59. The van der Waals surface area contributed by atoms with Crippen LogP contribution in [0.1, 0.15) is 34.6 Å². The molecule has 0 aliphatic heterocycles. The number of phenolic OH excluding ortho intramolecular Hbond substituents is 1. The Morgan fingerprint density at radius 1 is 1.05 bits per heavy atom. The Morgan fingerprint density at radius 2 is 1.58 bits per heavy atom. The Kier molecular flexibility index (Phi) is 4.86. The molecule has 0 aliphatic rings. The number of nitrogens with one attached hydrogen (secondary N) is 1. The molecule has 0 aliphatic carbocycles. The summed E-state index contributed by atoms with van der Waals surface area (Å²) >= 11 is 0. The molecular weight excluding hydrogens is 236 g/mol. The van der Waals surface area contributed by atoms with Crippen molar-refractivity contribution >= 4 is 5.69 Å². The minimum absolute atomic E-state index is 0.147. The zero-order valence-electron chi connectivity index (χ0n) is 13.1. The fraction of sp³-hybridized carbons (Fsp3) is 0.625. The van der Waals surface area contributed by atoms with Gasteiger partial charge < -0.3 is 15.3 Å². The van der Waals surface area contributed by atoms with Gasteiger partial charge in [-0.3, -0.25) is 0 Å². The number of anilines is 1. The van der Waals surface area contributed by atoms with E-state index in [0.29, 0.717) is 5.75 Å². The van der Waals surface area contributed by atoms with Crippen LogP contribution in [0, 0.1) is 5.41 Å². The fourth-order valence-corrected chi connectivity index (χ4v) is 2.00. The van der Waals surface area contributed by atoms with Gasteiger partial charge in [-0.2, -0.15) is 0 Å². The van der Waals surface area contributed by atoms with Crippen LogP contribution in [0.3, 0.4) is 0 Å². The SMILES string of the molecule is CN(CC(C)(C)CNC(C)(C)C)c1ccc(O)cc1. The van der Waals surface area contributed by atoms with Gasteiger partial charge in [-0.1, -0.05) is 13.8 Å². The van der Waals surface area contributed by atoms with Gasteiger partial charge in [0.1, 0.15) is 5.75 Å². The van der Waals surface area contributed by atoms with Gasteiger partial charge in [0.25, 0.3) is 0 Å². The Hall–Kier alpha value is -1.22. The van der Waals surface area contributed by atoms with Gasteiger partial charge in [0, 0.05) is 31.4 Å². The van der Waals surface area contributed by atoms with Crippen LogP contribution in [0.4, 0.5) is 5.69 Å². The monoisotopic (exact) mass is 264 g/mol. The van der Waals surface area contributed by atoms with Gasteiger partial charge in [0.2, 0.25) is 0 Å². The summed E-state index contributed by atoms with van der Waals surface area (Å²) in [6.45, 7) is 13.0. The maximum absolute atomic E-state index is 9.32. The molecule has 3 nitrogen and oxygen atoms in total. The second-order valence-electron chi connectivity index (χ2n) is 7.14. The number of aromatic hydroxyl groups is 1. The molecule has 0 amide bonds. The molecule has 3 heteroatoms. The van der Waals surface area contributed by atoms with Crippen LogP contribution in [0.15, 0.2) is 24.3 Å². The zero-order chi connectivity index (χ0) is 14.7. The summed E-state index contributed by atoms with van der Waals surface area (Å²) in [7, 11) is 2.09. The van der Waals surface area contributed by atoms with E-state index >= 15 is 0 Å². The molecule has 0 atom stereocenters. The molecule has 0 radical (unpaired) electrons. The fourth-order valence-electron chi connectivity index (χ4n) is 2.00. The standard InChI is InChI=1S/C16H28N2O/c1-15(2,3)17-11-16(4,5)12-18(6)13-7-9-14(19)10-8-13/h7-10,17,19H,11-12H2,1-6H3. The Balaban J connectivity index is 2.59. The van der Waals surface area contributed by atoms with E-state index < -0.39 is 0 Å². The average Bonchev–Trinajstić information content (AvgIpc) is 2.26. The topological polar surface area (TPSA) is 35.5 Å². The number of hydrogen-bond donors (Lipinski definition) is 2. The first-order valence-corrected chi connectivity index (χ1v) is 6.84. The Labute approximate surface area is 117 Å². The van der Waals surface area contributed by atoms with E-state index in [1.807, 2.05) is 12.1 Å². The van der Waals surface area contributed by atoms with Crippen molar-refractivity contribution in [3.05, 3.63) is 24.3 Å². The molecule has 1 aromatic rings. The van der Waals surface area contributed by atoms with Crippen molar-refractivity contribution in [1.29, 1.82) is 0 Å². The predicted octanol–water partition coefficient (Wildman–Crippen LogP) is 3.24. The predicted molar refractivity (Wildman–Crippen MR) is 82.9 cm³/mol. The van der Waals surface area contributed by atoms with Gasteiger partial charge in [-0.15, -0.1) is 0 Å². The molecule has 1 aromatic carbocycles. The van der Waals surface area contributed by atoms with E-state index in [9.17, 15) is 5.11 Å². The van der Waals surface area contributed by atoms with Crippen LogP contribution < -0.4 is 10.2 Å². The Bertz CT molecular complexity index is 390. The largest absolute Gasteiger partial charge is 0.508 e. The number of rotatable bonds is 5. The summed E-state index contributed by atoms with van der Waals surface area (Å²) in [6, 6.07) is 7.35. The molecule has 108 valence electrons. The summed E-state index contributed by atoms with van der Waals surface area (Å²) in [4.78, 5) is 2.23. The third-order valence-corrected chi connectivity index (χ3v) is 3.05. The Morgan fingerprint density at radius 3 is 2.05 bits per heavy atom. The van der Waals surface area contributed by atoms with Gasteiger partial charge in [-0.25, -0.2) is 0 Å². The molecule has 0 bridgehead atoms. The molecule has 0 spiro atoms. The van der Waals surface area contributed by atoms with Crippen LogP contribution in [-0.2, 0) is 0 Å². The van der Waals surface area contributed by atoms with Crippen LogP contribution in [-0.4, -0.2) is 30.8 Å². The lowest BCUT2D eigenvalue weighted by atomic mass is 9.91. The normalized spacial score (nSPS) is 12.5. The number of nitrogens with zero attached hydrogens (tertiary/aromatic N) is 1. The molecule has 0 aromatic heterocycles. The molecule has 0 saturated heterocycles. The highest BCUT2D eigenvalue weighted by atomic mass is 16.3. The molecular formula is C16H28N2O. The van der Waals surface area contributed by atoms with E-state index in [4.69, 9.17) is 0 Å². The quantitative estimate of drug-likeness (QED) is 0.857. The molecule has 0 fully saturated rings. The maximum atomic E-state index is 9.32. The van der Waals surface area contributed by atoms with Crippen molar-refractivity contribution in [1.82, 2.24) is 5.32 Å². The molecule has 2 N–H and O–H groups in total. The van der Waals surface area contributed by atoms with Crippen molar-refractivity contribution in [3.8, 4) is 5.75 Å². The smallest absolute Gasteiger partial charge is 0.115 e. The molecule has 0 unspecified atom stereocenters. The zero-order valence-corrected chi connectivity index (χ0v) is 13.1. The molecule has 1 rings (SSSR count). The number of benzene rings is 1. The first kappa shape index (κ1) is 15.8. The lowest BCUT2D eigenvalue weighted by Gasteiger charge is -2.34. The maximum Gasteiger partial charge on any atom is 0.115 e. The highest BCUT2D eigenvalue weighted by Crippen LogP contribution is 2.22. The number of hydrogen-bond acceptors (Lipinski definition) is 3. The minimum atomic E-state index is 0.147. The van der Waals surface area contributed by atoms with Crippen molar-refractivity contribution in [2.75, 3.05) is 25.0 Å². The molecule has 19 heavy (non-hydrogen) atoms. The summed E-state index contributed by atoms with van der Waals surface area (Å²) in [5.74, 6) is 0.311. The highest BCUT2D eigenvalue weighted by Gasteiger charge is 2.22. The van der Waals surface area contributed by atoms with Crippen LogP contribution >= 0.6 is 0 Å². The van der Waals surface area contributed by atoms with E-state index in [-0.39, 0.29) is 11.0 Å². The van der Waals surface area contributed by atoms with E-state index in [0.717, 1.165) is 18.8 Å². The van der Waals surface area contributed by atoms with E-state index in [1.165, 1.54) is 0 Å². The summed E-state index contributed by atoms with van der Waals surface area (Å²) < 4.78 is 0. The average molecular weight is 264 g/mol. The van der Waals surface area contributed by atoms with Crippen molar-refractivity contribution in [3.63, 3.8) is 0 Å². The van der Waals surface area contributed by atoms with Gasteiger partial charge in [0.15, 0.2) is 0 Å². The first-order valence-electron chi connectivity index (χ1n) is 6.84. The number of phenols is 1. The van der Waals surface area contributed by atoms with Gasteiger partial charge in [-0.05, 0) is 50.5 Å². The van der Waals surface area contributed by atoms with Crippen LogP contribution in [0.5, 0.6) is 5.75 Å². The second kappa shape index (κ2) is 5.83. The molecule has 0 saturated carbocycles. The van der Waals surface area contributed by atoms with Crippen molar-refractivity contribution in [2.45, 2.75) is 40.2 Å². The lowest BCUT2D eigenvalue weighted by molar-refractivity contribution is 0.295. The van der Waals surface area contributed by atoms with E-state index in [2.05, 4.69) is 51.9 Å². The minimum Gasteiger partial charge on any atom is -0.508 e. The molecule has 0 heterocycles. The third-order valence-electron chi connectivity index (χ3n) is 3.05. The van der Waals surface area contributed by atoms with Gasteiger partial charge >= 0.3 is 0 Å². The lowest BCUT2D eigenvalue weighted by Crippen LogP contribution is -2.45. The second-order valence-corrected chi connectivity index (χ2v) is 7.14. The summed E-state index contributed by atoms with van der Waals surface area (Å²) in [5, 5.41) is 12.9. The van der Waals surface area contributed by atoms with Crippen LogP contribution in [0.25, 0.3) is 0 Å². The van der Waals surface area contributed by atoms with Crippen LogP contribution in [0.2, 0.25) is 0 Å². The highest BCUT2D eigenvalue weighted by molar-refractivity contribution is 5.48. The third kappa shape index (κ3) is 5.97. The summed E-state index contributed by atoms with van der Waals surface area (Å²) in [5.41, 5.74) is 1.45. The van der Waals surface area contributed by atoms with Crippen molar-refractivity contribution in [2.24, 2.45) is 5.41 Å². The van der Waals surface area contributed by atoms with E-state index in [1.54, 1.807) is 12.1 Å². The van der Waals surface area contributed by atoms with Crippen molar-refractivity contribution < 1.29 is 5.11 Å². The van der Waals surface area contributed by atoms with Gasteiger partial charge in [0.05, 0.1) is 0 Å².